The summed E-state index contributed by atoms with van der Waals surface area (Å²) < 4.78 is 7.51. The molecule has 1 aromatic carbocycles. The van der Waals surface area contributed by atoms with Gasteiger partial charge in [0.15, 0.2) is 0 Å². The lowest BCUT2D eigenvalue weighted by atomic mass is 9.87. The molecular weight excluding hydrogens is 314 g/mol. The molecule has 1 atom stereocenters. The summed E-state index contributed by atoms with van der Waals surface area (Å²) in [7, 11) is 0. The molecule has 1 aliphatic heterocycles. The van der Waals surface area contributed by atoms with Crippen molar-refractivity contribution < 1.29 is 4.74 Å². The van der Waals surface area contributed by atoms with Gasteiger partial charge in [0.1, 0.15) is 11.6 Å². The van der Waals surface area contributed by atoms with Crippen molar-refractivity contribution in [1.29, 1.82) is 5.26 Å². The summed E-state index contributed by atoms with van der Waals surface area (Å²) in [5, 5.41) is 14.2. The summed E-state index contributed by atoms with van der Waals surface area (Å²) in [4.78, 5) is 4.42. The van der Waals surface area contributed by atoms with Gasteiger partial charge in [0.25, 0.3) is 0 Å². The molecule has 1 aliphatic rings. The first-order valence-corrected chi connectivity index (χ1v) is 7.84. The zero-order chi connectivity index (χ0) is 17.4. The fourth-order valence-corrected chi connectivity index (χ4v) is 3.10. The minimum Gasteiger partial charge on any atom is -0.422 e. The molecule has 2 N–H and O–H groups in total. The number of hydrogen-bond acceptors (Lipinski definition) is 5. The molecule has 6 nitrogen and oxygen atoms in total. The van der Waals surface area contributed by atoms with Crippen LogP contribution in [0.4, 0.5) is 0 Å². The highest BCUT2D eigenvalue weighted by molar-refractivity contribution is 5.55. The second kappa shape index (κ2) is 5.80. The molecule has 2 aromatic heterocycles. The van der Waals surface area contributed by atoms with E-state index in [1.165, 1.54) is 0 Å². The fraction of sp³-hybridized carbons (Fsp3) is 0.105. The number of nitrogens with zero attached hydrogens (tertiary/aromatic N) is 4. The van der Waals surface area contributed by atoms with Crippen LogP contribution in [0, 0.1) is 18.3 Å². The van der Waals surface area contributed by atoms with E-state index in [0.717, 1.165) is 22.6 Å². The van der Waals surface area contributed by atoms with Crippen LogP contribution in [0.25, 0.3) is 5.69 Å². The van der Waals surface area contributed by atoms with E-state index < -0.39 is 5.92 Å². The maximum Gasteiger partial charge on any atom is 0.229 e. The Labute approximate surface area is 144 Å². The number of fused-ring (bicyclic) bond motifs is 1. The molecule has 3 heterocycles. The molecule has 0 bridgehead atoms. The lowest BCUT2D eigenvalue weighted by Crippen LogP contribution is -2.22. The molecule has 0 saturated heterocycles. The Morgan fingerprint density at radius 1 is 1.16 bits per heavy atom. The molecular formula is C19H15N5O. The maximum atomic E-state index is 9.61. The lowest BCUT2D eigenvalue weighted by molar-refractivity contribution is 0.366. The SMILES string of the molecule is Cc1nn(-c2ccccc2)c2c1C(c1ccccn1)C(C#N)=C(N)O2. The molecule has 122 valence electrons. The molecule has 0 radical (unpaired) electrons. The third kappa shape index (κ3) is 2.34. The molecule has 25 heavy (non-hydrogen) atoms. The van der Waals surface area contributed by atoms with Crippen molar-refractivity contribution in [1.82, 2.24) is 14.8 Å². The molecule has 0 amide bonds. The third-order valence-electron chi connectivity index (χ3n) is 4.22. The van der Waals surface area contributed by atoms with Gasteiger partial charge in [-0.15, -0.1) is 0 Å². The Morgan fingerprint density at radius 3 is 2.60 bits per heavy atom. The first-order valence-electron chi connectivity index (χ1n) is 7.84. The summed E-state index contributed by atoms with van der Waals surface area (Å²) >= 11 is 0. The van der Waals surface area contributed by atoms with Gasteiger partial charge in [-0.25, -0.2) is 4.68 Å². The Kier molecular flexibility index (Phi) is 3.47. The number of aromatic nitrogens is 3. The third-order valence-corrected chi connectivity index (χ3v) is 4.22. The number of aryl methyl sites for hydroxylation is 1. The topological polar surface area (TPSA) is 89.8 Å². The summed E-state index contributed by atoms with van der Waals surface area (Å²) in [5.41, 5.74) is 9.59. The Morgan fingerprint density at radius 2 is 1.92 bits per heavy atom. The van der Waals surface area contributed by atoms with Crippen LogP contribution < -0.4 is 10.5 Å². The summed E-state index contributed by atoms with van der Waals surface area (Å²) in [5.74, 6) is 0.214. The first-order chi connectivity index (χ1) is 12.2. The number of benzene rings is 1. The highest BCUT2D eigenvalue weighted by Crippen LogP contribution is 2.43. The summed E-state index contributed by atoms with van der Waals surface area (Å²) in [6.07, 6.45) is 1.70. The van der Waals surface area contributed by atoms with E-state index in [9.17, 15) is 5.26 Å². The number of nitrogens with two attached hydrogens (primary N) is 1. The van der Waals surface area contributed by atoms with Gasteiger partial charge in [-0.3, -0.25) is 4.98 Å². The van der Waals surface area contributed by atoms with E-state index >= 15 is 0 Å². The summed E-state index contributed by atoms with van der Waals surface area (Å²) in [6, 6.07) is 17.4. The Balaban J connectivity index is 1.97. The zero-order valence-corrected chi connectivity index (χ0v) is 13.5. The molecule has 4 rings (SSSR count). The van der Waals surface area contributed by atoms with E-state index in [4.69, 9.17) is 10.5 Å². The smallest absolute Gasteiger partial charge is 0.229 e. The molecule has 1 unspecified atom stereocenters. The van der Waals surface area contributed by atoms with E-state index in [1.54, 1.807) is 10.9 Å². The van der Waals surface area contributed by atoms with E-state index in [-0.39, 0.29) is 5.88 Å². The van der Waals surface area contributed by atoms with Crippen LogP contribution >= 0.6 is 0 Å². The van der Waals surface area contributed by atoms with Crippen molar-refractivity contribution in [3.05, 3.63) is 83.1 Å². The van der Waals surface area contributed by atoms with Crippen molar-refractivity contribution in [2.24, 2.45) is 5.73 Å². The van der Waals surface area contributed by atoms with Gasteiger partial charge < -0.3 is 10.5 Å². The number of rotatable bonds is 2. The van der Waals surface area contributed by atoms with Crippen molar-refractivity contribution in [3.8, 4) is 17.6 Å². The molecule has 0 spiro atoms. The molecule has 6 heteroatoms. The van der Waals surface area contributed by atoms with Gasteiger partial charge in [-0.1, -0.05) is 24.3 Å². The quantitative estimate of drug-likeness (QED) is 0.781. The van der Waals surface area contributed by atoms with Gasteiger partial charge in [-0.2, -0.15) is 10.4 Å². The molecule has 0 fully saturated rings. The summed E-state index contributed by atoms with van der Waals surface area (Å²) in [6.45, 7) is 1.90. The Hall–Kier alpha value is -3.59. The van der Waals surface area contributed by atoms with Crippen LogP contribution in [-0.2, 0) is 0 Å². The molecule has 0 aliphatic carbocycles. The number of pyridine rings is 1. The number of allylic oxidation sites excluding steroid dienone is 1. The van der Waals surface area contributed by atoms with Crippen molar-refractivity contribution in [3.63, 3.8) is 0 Å². The van der Waals surface area contributed by atoms with Gasteiger partial charge in [-0.05, 0) is 31.2 Å². The zero-order valence-electron chi connectivity index (χ0n) is 13.5. The standard InChI is InChI=1S/C19H15N5O/c1-12-16-17(15-9-5-6-10-22-15)14(11-20)18(21)25-19(16)24(23-12)13-7-3-2-4-8-13/h2-10,17H,21H2,1H3. The second-order valence-corrected chi connectivity index (χ2v) is 5.73. The minimum absolute atomic E-state index is 0.0859. The predicted molar refractivity (Wildman–Crippen MR) is 91.8 cm³/mol. The average Bonchev–Trinajstić information content (AvgIpc) is 2.98. The number of hydrogen-bond donors (Lipinski definition) is 1. The van der Waals surface area contributed by atoms with E-state index in [2.05, 4.69) is 16.2 Å². The second-order valence-electron chi connectivity index (χ2n) is 5.73. The van der Waals surface area contributed by atoms with Crippen molar-refractivity contribution in [2.75, 3.05) is 0 Å². The normalized spacial score (nSPS) is 16.1. The van der Waals surface area contributed by atoms with Gasteiger partial charge in [0.05, 0.1) is 28.6 Å². The average molecular weight is 329 g/mol. The fourth-order valence-electron chi connectivity index (χ4n) is 3.10. The number of nitriles is 1. The largest absolute Gasteiger partial charge is 0.422 e. The first kappa shape index (κ1) is 15.0. The minimum atomic E-state index is -0.396. The van der Waals surface area contributed by atoms with Crippen LogP contribution in [0.15, 0.2) is 66.2 Å². The van der Waals surface area contributed by atoms with Gasteiger partial charge >= 0.3 is 0 Å². The van der Waals surface area contributed by atoms with Crippen LogP contribution in [0.5, 0.6) is 5.88 Å². The van der Waals surface area contributed by atoms with Crippen LogP contribution in [0.3, 0.4) is 0 Å². The molecule has 3 aromatic rings. The highest BCUT2D eigenvalue weighted by atomic mass is 16.5. The Bertz CT molecular complexity index is 1000. The molecule has 0 saturated carbocycles. The van der Waals surface area contributed by atoms with Gasteiger partial charge in [0.2, 0.25) is 11.8 Å². The van der Waals surface area contributed by atoms with Crippen LogP contribution in [0.1, 0.15) is 22.9 Å². The van der Waals surface area contributed by atoms with Crippen molar-refractivity contribution >= 4 is 0 Å². The van der Waals surface area contributed by atoms with Gasteiger partial charge in [0, 0.05) is 6.20 Å². The highest BCUT2D eigenvalue weighted by Gasteiger charge is 2.36. The van der Waals surface area contributed by atoms with Crippen molar-refractivity contribution in [2.45, 2.75) is 12.8 Å². The number of ether oxygens (including phenoxy) is 1. The monoisotopic (exact) mass is 329 g/mol. The predicted octanol–water partition coefficient (Wildman–Crippen LogP) is 2.79. The lowest BCUT2D eigenvalue weighted by Gasteiger charge is -2.24. The van der Waals surface area contributed by atoms with Crippen LogP contribution in [0.2, 0.25) is 0 Å². The van der Waals surface area contributed by atoms with E-state index in [1.807, 2.05) is 55.5 Å². The number of para-hydroxylation sites is 1. The van der Waals surface area contributed by atoms with Crippen LogP contribution in [-0.4, -0.2) is 14.8 Å². The maximum absolute atomic E-state index is 9.61. The van der Waals surface area contributed by atoms with E-state index in [0.29, 0.717) is 11.5 Å².